The van der Waals surface area contributed by atoms with Crippen molar-refractivity contribution in [1.82, 2.24) is 19.9 Å². The fraction of sp³-hybridized carbons (Fsp3) is 0.273. The molecule has 3 aromatic heterocycles. The van der Waals surface area contributed by atoms with Crippen LogP contribution in [-0.2, 0) is 6.54 Å². The highest BCUT2D eigenvalue weighted by molar-refractivity contribution is 7.21. The highest BCUT2D eigenvalue weighted by Gasteiger charge is 2.24. The van der Waals surface area contributed by atoms with E-state index in [0.717, 1.165) is 44.2 Å². The second kappa shape index (κ2) is 8.07. The molecular weight excluding hydrogens is 446 g/mol. The molecule has 1 aromatic carbocycles. The number of anilines is 3. The van der Waals surface area contributed by atoms with Crippen molar-refractivity contribution in [2.24, 2.45) is 0 Å². The van der Waals surface area contributed by atoms with Gasteiger partial charge >= 0.3 is 0 Å². The van der Waals surface area contributed by atoms with Crippen molar-refractivity contribution in [2.45, 2.75) is 26.3 Å². The second-order valence-corrected chi connectivity index (χ2v) is 9.32. The predicted octanol–water partition coefficient (Wildman–Crippen LogP) is 4.49. The van der Waals surface area contributed by atoms with E-state index < -0.39 is 0 Å². The average molecular weight is 468 g/mol. The summed E-state index contributed by atoms with van der Waals surface area (Å²) in [5.41, 5.74) is 16.5. The van der Waals surface area contributed by atoms with Gasteiger partial charge in [-0.15, -0.1) is 0 Å². The van der Waals surface area contributed by atoms with Crippen LogP contribution >= 0.6 is 22.9 Å². The van der Waals surface area contributed by atoms with Gasteiger partial charge in [0.15, 0.2) is 5.13 Å². The Balaban J connectivity index is 1.54. The molecule has 0 bridgehead atoms. The zero-order valence-corrected chi connectivity index (χ0v) is 19.2. The number of nitrogen functional groups attached to an aromatic ring is 2. The minimum Gasteiger partial charge on any atom is -0.491 e. The Morgan fingerprint density at radius 3 is 2.78 bits per heavy atom. The molecule has 0 saturated heterocycles. The molecule has 8 nitrogen and oxygen atoms in total. The van der Waals surface area contributed by atoms with E-state index in [9.17, 15) is 0 Å². The Morgan fingerprint density at radius 1 is 1.12 bits per heavy atom. The van der Waals surface area contributed by atoms with Crippen molar-refractivity contribution in [3.63, 3.8) is 0 Å². The molecule has 4 heterocycles. The van der Waals surface area contributed by atoms with E-state index >= 15 is 0 Å². The third-order valence-electron chi connectivity index (χ3n) is 5.41. The topological polar surface area (TPSA) is 116 Å². The van der Waals surface area contributed by atoms with E-state index in [0.29, 0.717) is 30.0 Å². The number of thiazole rings is 1. The zero-order chi connectivity index (χ0) is 22.4. The van der Waals surface area contributed by atoms with E-state index in [1.165, 1.54) is 11.3 Å². The molecule has 1 aliphatic rings. The molecule has 0 unspecified atom stereocenters. The maximum absolute atomic E-state index is 6.43. The molecule has 0 spiro atoms. The fourth-order valence-corrected chi connectivity index (χ4v) is 4.98. The quantitative estimate of drug-likeness (QED) is 0.423. The van der Waals surface area contributed by atoms with Gasteiger partial charge in [0.25, 0.3) is 0 Å². The van der Waals surface area contributed by atoms with Crippen LogP contribution in [0.15, 0.2) is 30.5 Å². The van der Waals surface area contributed by atoms with Crippen LogP contribution in [0.3, 0.4) is 0 Å². The van der Waals surface area contributed by atoms with Crippen LogP contribution in [0.5, 0.6) is 5.75 Å². The monoisotopic (exact) mass is 467 g/mol. The number of ether oxygens (including phenoxy) is 1. The molecule has 0 aliphatic carbocycles. The first kappa shape index (κ1) is 20.7. The van der Waals surface area contributed by atoms with Crippen LogP contribution in [0.1, 0.15) is 30.9 Å². The van der Waals surface area contributed by atoms with Crippen molar-refractivity contribution in [3.05, 3.63) is 46.7 Å². The third-order valence-corrected chi connectivity index (χ3v) is 6.51. The molecule has 5 rings (SSSR count). The normalized spacial score (nSPS) is 13.8. The molecule has 0 amide bonds. The van der Waals surface area contributed by atoms with Gasteiger partial charge in [0.2, 0.25) is 5.95 Å². The van der Waals surface area contributed by atoms with E-state index in [2.05, 4.69) is 44.7 Å². The van der Waals surface area contributed by atoms with Crippen molar-refractivity contribution in [1.29, 1.82) is 0 Å². The molecule has 4 N–H and O–H groups in total. The molecule has 4 aromatic rings. The lowest BCUT2D eigenvalue weighted by molar-refractivity contribution is 0.331. The van der Waals surface area contributed by atoms with Gasteiger partial charge in [0.1, 0.15) is 33.7 Å². The molecule has 32 heavy (non-hydrogen) atoms. The molecule has 164 valence electrons. The van der Waals surface area contributed by atoms with Crippen LogP contribution in [0.25, 0.3) is 21.5 Å². The minimum atomic E-state index is 0.149. The van der Waals surface area contributed by atoms with Gasteiger partial charge in [-0.1, -0.05) is 42.9 Å². The van der Waals surface area contributed by atoms with Crippen molar-refractivity contribution < 1.29 is 4.74 Å². The largest absolute Gasteiger partial charge is 0.491 e. The van der Waals surface area contributed by atoms with E-state index in [1.54, 1.807) is 0 Å². The molecular formula is C22H22ClN7OS. The van der Waals surface area contributed by atoms with Crippen molar-refractivity contribution in [2.75, 3.05) is 29.5 Å². The summed E-state index contributed by atoms with van der Waals surface area (Å²) in [6, 6.07) is 8.16. The second-order valence-electron chi connectivity index (χ2n) is 7.96. The average Bonchev–Trinajstić information content (AvgIpc) is 2.98. The van der Waals surface area contributed by atoms with Gasteiger partial charge in [-0.25, -0.2) is 15.0 Å². The molecule has 0 radical (unpaired) electrons. The van der Waals surface area contributed by atoms with E-state index in [4.69, 9.17) is 27.8 Å². The van der Waals surface area contributed by atoms with Crippen LogP contribution in [0.2, 0.25) is 5.15 Å². The lowest BCUT2D eigenvalue weighted by Gasteiger charge is -2.25. The fourth-order valence-electron chi connectivity index (χ4n) is 3.94. The van der Waals surface area contributed by atoms with Gasteiger partial charge < -0.3 is 21.1 Å². The number of fused-ring (bicyclic) bond motifs is 2. The predicted molar refractivity (Wildman–Crippen MR) is 129 cm³/mol. The first-order chi connectivity index (χ1) is 15.4. The summed E-state index contributed by atoms with van der Waals surface area (Å²) in [7, 11) is 0. The van der Waals surface area contributed by atoms with Gasteiger partial charge in [-0.3, -0.25) is 0 Å². The summed E-state index contributed by atoms with van der Waals surface area (Å²) in [6.45, 7) is 5.92. The maximum atomic E-state index is 6.43. The summed E-state index contributed by atoms with van der Waals surface area (Å²) >= 11 is 7.82. The number of benzene rings is 1. The number of hydrogen-bond donors (Lipinski definition) is 2. The number of halogens is 1. The molecule has 1 aliphatic heterocycles. The summed E-state index contributed by atoms with van der Waals surface area (Å²) in [5.74, 6) is 1.91. The smallest absolute Gasteiger partial charge is 0.223 e. The zero-order valence-electron chi connectivity index (χ0n) is 17.7. The minimum absolute atomic E-state index is 0.149. The van der Waals surface area contributed by atoms with E-state index in [-0.39, 0.29) is 11.9 Å². The number of nitrogens with zero attached hydrogens (tertiary/aromatic N) is 5. The number of rotatable bonds is 3. The van der Waals surface area contributed by atoms with Crippen LogP contribution in [0.4, 0.5) is 16.9 Å². The molecule has 0 fully saturated rings. The molecule has 0 saturated carbocycles. The lowest BCUT2D eigenvalue weighted by Crippen LogP contribution is -2.28. The lowest BCUT2D eigenvalue weighted by atomic mass is 10.0. The Kier molecular flexibility index (Phi) is 5.22. The van der Waals surface area contributed by atoms with Gasteiger partial charge in [-0.05, 0) is 29.7 Å². The van der Waals surface area contributed by atoms with Crippen LogP contribution in [-0.4, -0.2) is 33.1 Å². The number of pyridine rings is 1. The SMILES string of the molecule is CC(C)c1c(Cl)nc(N)nc1N1CCOc2ccc(-c3cnc4sc(N)nc4c3)cc2C1. The Bertz CT molecular complexity index is 1320. The maximum Gasteiger partial charge on any atom is 0.223 e. The number of aromatic nitrogens is 4. The first-order valence-electron chi connectivity index (χ1n) is 10.2. The molecule has 0 atom stereocenters. The highest BCUT2D eigenvalue weighted by Crippen LogP contribution is 2.36. The Morgan fingerprint density at radius 2 is 1.97 bits per heavy atom. The summed E-state index contributed by atoms with van der Waals surface area (Å²) in [4.78, 5) is 20.5. The number of hydrogen-bond acceptors (Lipinski definition) is 9. The summed E-state index contributed by atoms with van der Waals surface area (Å²) in [6.07, 6.45) is 1.85. The third kappa shape index (κ3) is 3.78. The summed E-state index contributed by atoms with van der Waals surface area (Å²) in [5, 5.41) is 0.905. The van der Waals surface area contributed by atoms with Crippen molar-refractivity contribution in [3.8, 4) is 16.9 Å². The number of nitrogens with two attached hydrogens (primary N) is 2. The highest BCUT2D eigenvalue weighted by atomic mass is 35.5. The molecule has 10 heteroatoms. The van der Waals surface area contributed by atoms with Crippen LogP contribution < -0.4 is 21.1 Å². The van der Waals surface area contributed by atoms with Crippen molar-refractivity contribution >= 4 is 50.2 Å². The summed E-state index contributed by atoms with van der Waals surface area (Å²) < 4.78 is 6.03. The van der Waals surface area contributed by atoms with E-state index in [1.807, 2.05) is 24.4 Å². The standard InChI is InChI=1S/C22H22ClN7OS/c1-11(2)17-18(23)28-21(24)29-19(17)30-5-6-31-16-4-3-12(7-14(16)10-30)13-8-15-20(26-9-13)32-22(25)27-15/h3-4,7-9,11H,5-6,10H2,1-2H3,(H2,25,27)(H2,24,28,29). The van der Waals surface area contributed by atoms with Gasteiger partial charge in [0, 0.05) is 29.4 Å². The van der Waals surface area contributed by atoms with Gasteiger partial charge in [0.05, 0.1) is 6.54 Å². The van der Waals surface area contributed by atoms with Crippen LogP contribution in [0, 0.1) is 0 Å². The first-order valence-corrected chi connectivity index (χ1v) is 11.4. The van der Waals surface area contributed by atoms with Gasteiger partial charge in [-0.2, -0.15) is 4.98 Å². The Labute approximate surface area is 194 Å². The Hall–Kier alpha value is -3.17.